The van der Waals surface area contributed by atoms with Crippen LogP contribution < -0.4 is 19.5 Å². The van der Waals surface area contributed by atoms with E-state index in [0.29, 0.717) is 31.3 Å². The Labute approximate surface area is 195 Å². The molecule has 0 spiro atoms. The number of fused-ring (bicyclic) bond motifs is 1. The molecule has 1 unspecified atom stereocenters. The van der Waals surface area contributed by atoms with E-state index < -0.39 is 10.0 Å². The number of likely N-dealkylation sites (tertiary alicyclic amines) is 1. The minimum absolute atomic E-state index is 0.0370. The number of para-hydroxylation sites is 1. The van der Waals surface area contributed by atoms with Gasteiger partial charge in [0.2, 0.25) is 0 Å². The second-order valence-electron chi connectivity index (χ2n) is 8.73. The summed E-state index contributed by atoms with van der Waals surface area (Å²) in [6, 6.07) is 11.3. The first-order chi connectivity index (χ1) is 15.8. The minimum atomic E-state index is -3.93. The summed E-state index contributed by atoms with van der Waals surface area (Å²) in [5.41, 5.74) is 0.502. The zero-order valence-electron chi connectivity index (χ0n) is 19.0. The number of hydrogen-bond acceptors (Lipinski definition) is 6. The number of carbonyl (C=O) groups is 1. The normalized spacial score (nSPS) is 17.9. The fraction of sp³-hybridized carbons (Fsp3) is 0.458. The predicted octanol–water partition coefficient (Wildman–Crippen LogP) is 3.11. The van der Waals surface area contributed by atoms with Gasteiger partial charge in [-0.1, -0.05) is 19.1 Å². The van der Waals surface area contributed by atoms with Crippen LogP contribution in [-0.4, -0.2) is 58.1 Å². The van der Waals surface area contributed by atoms with Crippen LogP contribution in [0.2, 0.25) is 0 Å². The van der Waals surface area contributed by atoms with Gasteiger partial charge in [0.05, 0.1) is 16.1 Å². The summed E-state index contributed by atoms with van der Waals surface area (Å²) in [5, 5.41) is 2.96. The molecule has 2 aromatic carbocycles. The second-order valence-corrected chi connectivity index (χ2v) is 10.4. The molecule has 1 amide bonds. The van der Waals surface area contributed by atoms with Crippen LogP contribution in [-0.2, 0) is 10.0 Å². The zero-order valence-corrected chi connectivity index (χ0v) is 19.9. The van der Waals surface area contributed by atoms with Crippen molar-refractivity contribution in [2.45, 2.75) is 37.6 Å². The number of piperidine rings is 1. The van der Waals surface area contributed by atoms with Crippen molar-refractivity contribution < 1.29 is 22.7 Å². The molecular weight excluding hydrogens is 442 g/mol. The van der Waals surface area contributed by atoms with Gasteiger partial charge < -0.3 is 14.8 Å². The Morgan fingerprint density at radius 2 is 1.79 bits per heavy atom. The van der Waals surface area contributed by atoms with Crippen LogP contribution in [0.4, 0.5) is 5.69 Å². The molecule has 8 nitrogen and oxygen atoms in total. The van der Waals surface area contributed by atoms with Crippen LogP contribution >= 0.6 is 0 Å². The lowest BCUT2D eigenvalue weighted by atomic mass is 9.98. The third kappa shape index (κ3) is 5.59. The number of anilines is 1. The van der Waals surface area contributed by atoms with Gasteiger partial charge in [-0.05, 0) is 63.0 Å². The van der Waals surface area contributed by atoms with Crippen molar-refractivity contribution in [3.63, 3.8) is 0 Å². The number of nitrogens with zero attached hydrogens (tertiary/aromatic N) is 1. The Morgan fingerprint density at radius 1 is 1.09 bits per heavy atom. The van der Waals surface area contributed by atoms with E-state index in [1.807, 2.05) is 0 Å². The number of carbonyl (C=O) groups excluding carboxylic acids is 1. The van der Waals surface area contributed by atoms with Crippen molar-refractivity contribution >= 4 is 21.6 Å². The molecule has 0 aromatic heterocycles. The first-order valence-electron chi connectivity index (χ1n) is 11.4. The predicted molar refractivity (Wildman–Crippen MR) is 126 cm³/mol. The fourth-order valence-electron chi connectivity index (χ4n) is 4.10. The van der Waals surface area contributed by atoms with E-state index in [2.05, 4.69) is 28.8 Å². The Morgan fingerprint density at radius 3 is 2.55 bits per heavy atom. The fourth-order valence-corrected chi connectivity index (χ4v) is 5.19. The molecule has 0 radical (unpaired) electrons. The highest BCUT2D eigenvalue weighted by Gasteiger charge is 2.23. The van der Waals surface area contributed by atoms with Gasteiger partial charge in [-0.25, -0.2) is 8.42 Å². The maximum atomic E-state index is 13.0. The standard InChI is InChI=1S/C24H31N3O5S/c1-17-9-11-27(12-10-17)18(2)16-25-24(28)20-5-3-4-6-21(20)26-33(29,30)19-7-8-22-23(15-19)32-14-13-31-22/h3-8,15,17-18,26H,9-14,16H2,1-2H3,(H,25,28). The highest BCUT2D eigenvalue weighted by molar-refractivity contribution is 7.92. The molecule has 2 aromatic rings. The highest BCUT2D eigenvalue weighted by atomic mass is 32.2. The average Bonchev–Trinajstić information content (AvgIpc) is 2.82. The van der Waals surface area contributed by atoms with Gasteiger partial charge in [0.15, 0.2) is 11.5 Å². The molecular formula is C24H31N3O5S. The first kappa shape index (κ1) is 23.4. The Bertz CT molecular complexity index is 1100. The molecule has 1 atom stereocenters. The van der Waals surface area contributed by atoms with Gasteiger partial charge in [0, 0.05) is 18.7 Å². The maximum Gasteiger partial charge on any atom is 0.262 e. The Hall–Kier alpha value is -2.78. The van der Waals surface area contributed by atoms with Gasteiger partial charge in [0.1, 0.15) is 13.2 Å². The molecule has 2 aliphatic heterocycles. The third-order valence-electron chi connectivity index (χ3n) is 6.24. The van der Waals surface area contributed by atoms with Crippen molar-refractivity contribution in [1.29, 1.82) is 0 Å². The number of hydrogen-bond donors (Lipinski definition) is 2. The molecule has 9 heteroatoms. The van der Waals surface area contributed by atoms with E-state index in [-0.39, 0.29) is 28.1 Å². The molecule has 4 rings (SSSR count). The second kappa shape index (κ2) is 10.0. The van der Waals surface area contributed by atoms with E-state index in [0.717, 1.165) is 19.0 Å². The van der Waals surface area contributed by atoms with Crippen LogP contribution in [0.3, 0.4) is 0 Å². The van der Waals surface area contributed by atoms with Crippen LogP contribution in [0.25, 0.3) is 0 Å². The number of ether oxygens (including phenoxy) is 2. The molecule has 33 heavy (non-hydrogen) atoms. The molecule has 1 saturated heterocycles. The van der Waals surface area contributed by atoms with E-state index >= 15 is 0 Å². The van der Waals surface area contributed by atoms with Gasteiger partial charge in [-0.15, -0.1) is 0 Å². The Kier molecular flexibility index (Phi) is 7.09. The van der Waals surface area contributed by atoms with E-state index in [9.17, 15) is 13.2 Å². The number of nitrogens with one attached hydrogen (secondary N) is 2. The molecule has 2 aliphatic rings. The largest absolute Gasteiger partial charge is 0.486 e. The smallest absolute Gasteiger partial charge is 0.262 e. The summed E-state index contributed by atoms with van der Waals surface area (Å²) in [5.74, 6) is 1.33. The molecule has 0 aliphatic carbocycles. The van der Waals surface area contributed by atoms with Crippen LogP contribution in [0.1, 0.15) is 37.0 Å². The van der Waals surface area contributed by atoms with Crippen molar-refractivity contribution in [2.75, 3.05) is 37.6 Å². The maximum absolute atomic E-state index is 13.0. The zero-order chi connectivity index (χ0) is 23.4. The lowest BCUT2D eigenvalue weighted by molar-refractivity contribution is 0.0922. The summed E-state index contributed by atoms with van der Waals surface area (Å²) in [6.45, 7) is 7.72. The monoisotopic (exact) mass is 473 g/mol. The van der Waals surface area contributed by atoms with Crippen LogP contribution in [0, 0.1) is 5.92 Å². The van der Waals surface area contributed by atoms with Crippen molar-refractivity contribution in [3.8, 4) is 11.5 Å². The molecule has 2 heterocycles. The van der Waals surface area contributed by atoms with Gasteiger partial charge in [-0.2, -0.15) is 0 Å². The summed E-state index contributed by atoms with van der Waals surface area (Å²) in [7, 11) is -3.93. The molecule has 1 fully saturated rings. The summed E-state index contributed by atoms with van der Waals surface area (Å²) < 4.78 is 39.5. The minimum Gasteiger partial charge on any atom is -0.486 e. The Balaban J connectivity index is 1.44. The topological polar surface area (TPSA) is 97.0 Å². The quantitative estimate of drug-likeness (QED) is 0.641. The van der Waals surface area contributed by atoms with Crippen LogP contribution in [0.15, 0.2) is 47.4 Å². The summed E-state index contributed by atoms with van der Waals surface area (Å²) in [6.07, 6.45) is 2.34. The van der Waals surface area contributed by atoms with E-state index in [1.165, 1.54) is 25.0 Å². The van der Waals surface area contributed by atoms with Crippen molar-refractivity contribution in [3.05, 3.63) is 48.0 Å². The molecule has 178 valence electrons. The molecule has 0 bridgehead atoms. The lowest BCUT2D eigenvalue weighted by Crippen LogP contribution is -2.45. The first-order valence-corrected chi connectivity index (χ1v) is 12.9. The number of benzene rings is 2. The lowest BCUT2D eigenvalue weighted by Gasteiger charge is -2.35. The van der Waals surface area contributed by atoms with Gasteiger partial charge >= 0.3 is 0 Å². The highest BCUT2D eigenvalue weighted by Crippen LogP contribution is 2.33. The third-order valence-corrected chi connectivity index (χ3v) is 7.60. The SMILES string of the molecule is CC1CCN(C(C)CNC(=O)c2ccccc2NS(=O)(=O)c2ccc3c(c2)OCCO3)CC1. The summed E-state index contributed by atoms with van der Waals surface area (Å²) >= 11 is 0. The van der Waals surface area contributed by atoms with Gasteiger partial charge in [0.25, 0.3) is 15.9 Å². The molecule has 2 N–H and O–H groups in total. The molecule has 0 saturated carbocycles. The number of rotatable bonds is 7. The van der Waals surface area contributed by atoms with Crippen LogP contribution in [0.5, 0.6) is 11.5 Å². The summed E-state index contributed by atoms with van der Waals surface area (Å²) in [4.78, 5) is 15.3. The van der Waals surface area contributed by atoms with E-state index in [4.69, 9.17) is 9.47 Å². The van der Waals surface area contributed by atoms with Crippen molar-refractivity contribution in [2.24, 2.45) is 5.92 Å². The number of sulfonamides is 1. The van der Waals surface area contributed by atoms with Crippen molar-refractivity contribution in [1.82, 2.24) is 10.2 Å². The average molecular weight is 474 g/mol. The number of amides is 1. The van der Waals surface area contributed by atoms with E-state index in [1.54, 1.807) is 30.3 Å². The van der Waals surface area contributed by atoms with Gasteiger partial charge in [-0.3, -0.25) is 14.4 Å².